The molecule has 15 heavy (non-hydrogen) atoms. The molecule has 78 valence electrons. The van der Waals surface area contributed by atoms with Crippen molar-refractivity contribution in [1.82, 2.24) is 9.97 Å². The van der Waals surface area contributed by atoms with Crippen LogP contribution in [0.15, 0.2) is 18.2 Å². The van der Waals surface area contributed by atoms with Gasteiger partial charge in [0.1, 0.15) is 11.3 Å². The van der Waals surface area contributed by atoms with Gasteiger partial charge < -0.3 is 10.7 Å². The lowest BCUT2D eigenvalue weighted by Gasteiger charge is -2.35. The predicted molar refractivity (Wildman–Crippen MR) is 55.8 cm³/mol. The summed E-state index contributed by atoms with van der Waals surface area (Å²) in [4.78, 5) is 7.35. The van der Waals surface area contributed by atoms with Gasteiger partial charge in [-0.05, 0) is 31.4 Å². The summed E-state index contributed by atoms with van der Waals surface area (Å²) < 4.78 is 13.4. The maximum atomic E-state index is 13.4. The zero-order valence-corrected chi connectivity index (χ0v) is 8.26. The van der Waals surface area contributed by atoms with Crippen molar-refractivity contribution in [3.05, 3.63) is 29.8 Å². The molecule has 0 radical (unpaired) electrons. The van der Waals surface area contributed by atoms with Crippen molar-refractivity contribution in [3.8, 4) is 0 Å². The molecule has 3 nitrogen and oxygen atoms in total. The van der Waals surface area contributed by atoms with Gasteiger partial charge >= 0.3 is 0 Å². The summed E-state index contributed by atoms with van der Waals surface area (Å²) in [6.07, 6.45) is 2.97. The van der Waals surface area contributed by atoms with Crippen LogP contribution in [0.5, 0.6) is 0 Å². The Morgan fingerprint density at radius 3 is 2.80 bits per heavy atom. The number of hydrogen-bond donors (Lipinski definition) is 2. The van der Waals surface area contributed by atoms with Crippen LogP contribution in [0, 0.1) is 5.82 Å². The van der Waals surface area contributed by atoms with Crippen LogP contribution >= 0.6 is 0 Å². The summed E-state index contributed by atoms with van der Waals surface area (Å²) in [5.41, 5.74) is 6.88. The molecule has 0 amide bonds. The van der Waals surface area contributed by atoms with Gasteiger partial charge in [-0.15, -0.1) is 0 Å². The molecule has 3 rings (SSSR count). The summed E-state index contributed by atoms with van der Waals surface area (Å²) in [7, 11) is 0. The van der Waals surface area contributed by atoms with E-state index in [1.54, 1.807) is 6.07 Å². The Kier molecular flexibility index (Phi) is 1.65. The highest BCUT2D eigenvalue weighted by molar-refractivity contribution is 5.75. The van der Waals surface area contributed by atoms with E-state index in [-0.39, 0.29) is 11.4 Å². The number of nitrogens with zero attached hydrogens (tertiary/aromatic N) is 1. The van der Waals surface area contributed by atoms with Gasteiger partial charge in [0.25, 0.3) is 0 Å². The third-order valence-corrected chi connectivity index (χ3v) is 3.18. The van der Waals surface area contributed by atoms with Crippen molar-refractivity contribution < 1.29 is 4.39 Å². The number of rotatable bonds is 1. The molecule has 0 atom stereocenters. The first-order valence-corrected chi connectivity index (χ1v) is 5.13. The minimum absolute atomic E-state index is 0.294. The number of benzene rings is 1. The van der Waals surface area contributed by atoms with E-state index in [4.69, 9.17) is 5.73 Å². The molecule has 1 aliphatic rings. The minimum Gasteiger partial charge on any atom is -0.340 e. The fourth-order valence-electron chi connectivity index (χ4n) is 2.03. The monoisotopic (exact) mass is 205 g/mol. The van der Waals surface area contributed by atoms with Crippen molar-refractivity contribution >= 4 is 11.0 Å². The van der Waals surface area contributed by atoms with Crippen LogP contribution in [0.1, 0.15) is 25.1 Å². The second kappa shape index (κ2) is 2.79. The highest BCUT2D eigenvalue weighted by atomic mass is 19.1. The van der Waals surface area contributed by atoms with Gasteiger partial charge in [-0.25, -0.2) is 9.37 Å². The average Bonchev–Trinajstić information content (AvgIpc) is 2.59. The van der Waals surface area contributed by atoms with E-state index in [2.05, 4.69) is 9.97 Å². The molecular weight excluding hydrogens is 193 g/mol. The van der Waals surface area contributed by atoms with Crippen LogP contribution in [-0.2, 0) is 5.54 Å². The molecule has 0 spiro atoms. The first-order chi connectivity index (χ1) is 7.19. The number of halogens is 1. The Bertz CT molecular complexity index is 514. The first kappa shape index (κ1) is 8.85. The number of nitrogens with two attached hydrogens (primary N) is 1. The zero-order valence-electron chi connectivity index (χ0n) is 8.26. The van der Waals surface area contributed by atoms with E-state index < -0.39 is 0 Å². The average molecular weight is 205 g/mol. The number of aromatic amines is 1. The maximum absolute atomic E-state index is 13.4. The zero-order chi connectivity index (χ0) is 10.5. The van der Waals surface area contributed by atoms with Crippen LogP contribution in [-0.4, -0.2) is 9.97 Å². The Morgan fingerprint density at radius 1 is 1.40 bits per heavy atom. The van der Waals surface area contributed by atoms with Gasteiger partial charge in [-0.3, -0.25) is 0 Å². The number of para-hydroxylation sites is 1. The Labute approximate surface area is 86.5 Å². The number of imidazole rings is 1. The SMILES string of the molecule is NC1(c2nc3c(F)cccc3[nH]2)CCC1. The Hall–Kier alpha value is -1.42. The van der Waals surface area contributed by atoms with Gasteiger partial charge in [-0.1, -0.05) is 6.07 Å². The normalized spacial score (nSPS) is 19.1. The van der Waals surface area contributed by atoms with Crippen molar-refractivity contribution in [3.63, 3.8) is 0 Å². The number of fused-ring (bicyclic) bond motifs is 1. The van der Waals surface area contributed by atoms with E-state index in [1.165, 1.54) is 6.07 Å². The quantitative estimate of drug-likeness (QED) is 0.748. The number of aromatic nitrogens is 2. The summed E-state index contributed by atoms with van der Waals surface area (Å²) in [6, 6.07) is 4.90. The lowest BCUT2D eigenvalue weighted by molar-refractivity contribution is 0.240. The molecule has 1 aromatic carbocycles. The van der Waals surface area contributed by atoms with Gasteiger partial charge in [0.05, 0.1) is 11.1 Å². The van der Waals surface area contributed by atoms with Crippen LogP contribution in [0.25, 0.3) is 11.0 Å². The minimum atomic E-state index is -0.356. The largest absolute Gasteiger partial charge is 0.340 e. The van der Waals surface area contributed by atoms with Crippen molar-refractivity contribution in [1.29, 1.82) is 0 Å². The van der Waals surface area contributed by atoms with Crippen LogP contribution in [0.3, 0.4) is 0 Å². The smallest absolute Gasteiger partial charge is 0.151 e. The van der Waals surface area contributed by atoms with E-state index in [9.17, 15) is 4.39 Å². The van der Waals surface area contributed by atoms with Crippen molar-refractivity contribution in [2.75, 3.05) is 0 Å². The topological polar surface area (TPSA) is 54.7 Å². The van der Waals surface area contributed by atoms with Gasteiger partial charge in [0.2, 0.25) is 0 Å². The second-order valence-electron chi connectivity index (χ2n) is 4.23. The van der Waals surface area contributed by atoms with E-state index >= 15 is 0 Å². The molecule has 0 saturated heterocycles. The highest BCUT2D eigenvalue weighted by Gasteiger charge is 2.37. The van der Waals surface area contributed by atoms with Crippen molar-refractivity contribution in [2.45, 2.75) is 24.8 Å². The van der Waals surface area contributed by atoms with Crippen LogP contribution in [0.4, 0.5) is 4.39 Å². The molecule has 1 aliphatic carbocycles. The highest BCUT2D eigenvalue weighted by Crippen LogP contribution is 2.37. The second-order valence-corrected chi connectivity index (χ2v) is 4.23. The molecular formula is C11H12FN3. The molecule has 1 saturated carbocycles. The molecule has 1 heterocycles. The molecule has 1 fully saturated rings. The number of H-pyrrole nitrogens is 1. The van der Waals surface area contributed by atoms with Gasteiger partial charge in [0, 0.05) is 0 Å². The van der Waals surface area contributed by atoms with Crippen LogP contribution < -0.4 is 5.73 Å². The van der Waals surface area contributed by atoms with Gasteiger partial charge in [-0.2, -0.15) is 0 Å². The molecule has 0 aliphatic heterocycles. The van der Waals surface area contributed by atoms with Crippen LogP contribution in [0.2, 0.25) is 0 Å². The summed E-state index contributed by atoms with van der Waals surface area (Å²) in [5.74, 6) is 0.423. The molecule has 2 aromatic rings. The maximum Gasteiger partial charge on any atom is 0.151 e. The number of hydrogen-bond acceptors (Lipinski definition) is 2. The first-order valence-electron chi connectivity index (χ1n) is 5.13. The molecule has 0 bridgehead atoms. The van der Waals surface area contributed by atoms with E-state index in [0.29, 0.717) is 11.3 Å². The number of nitrogens with one attached hydrogen (secondary N) is 1. The standard InChI is InChI=1S/C11H12FN3/c12-7-3-1-4-8-9(7)15-10(14-8)11(13)5-2-6-11/h1,3-4H,2,5-6,13H2,(H,14,15). The Morgan fingerprint density at radius 2 is 2.20 bits per heavy atom. The molecule has 1 aromatic heterocycles. The fraction of sp³-hybridized carbons (Fsp3) is 0.364. The lowest BCUT2D eigenvalue weighted by atomic mass is 9.77. The van der Waals surface area contributed by atoms with Gasteiger partial charge in [0.15, 0.2) is 5.82 Å². The molecule has 3 N–H and O–H groups in total. The fourth-order valence-corrected chi connectivity index (χ4v) is 2.03. The van der Waals surface area contributed by atoms with Crippen molar-refractivity contribution in [2.24, 2.45) is 5.73 Å². The third-order valence-electron chi connectivity index (χ3n) is 3.18. The van der Waals surface area contributed by atoms with E-state index in [1.807, 2.05) is 6.07 Å². The lowest BCUT2D eigenvalue weighted by Crippen LogP contribution is -2.44. The molecule has 0 unspecified atom stereocenters. The third kappa shape index (κ3) is 1.18. The summed E-state index contributed by atoms with van der Waals surface area (Å²) >= 11 is 0. The molecule has 4 heteroatoms. The predicted octanol–water partition coefficient (Wildman–Crippen LogP) is 2.04. The summed E-state index contributed by atoms with van der Waals surface area (Å²) in [6.45, 7) is 0. The van der Waals surface area contributed by atoms with E-state index in [0.717, 1.165) is 24.8 Å². The summed E-state index contributed by atoms with van der Waals surface area (Å²) in [5, 5.41) is 0. The Balaban J connectivity index is 2.18.